The number of urea groups is 1. The lowest BCUT2D eigenvalue weighted by Gasteiger charge is -2.11. The number of halogens is 1. The van der Waals surface area contributed by atoms with Crippen molar-refractivity contribution in [3.63, 3.8) is 0 Å². The average molecular weight is 537 g/mol. The lowest BCUT2D eigenvalue weighted by Crippen LogP contribution is -2.29. The molecule has 0 saturated heterocycles. The number of carboxylic acid groups (broad SMARTS) is 1. The minimum atomic E-state index is -0.937. The van der Waals surface area contributed by atoms with Gasteiger partial charge in [0, 0.05) is 32.8 Å². The highest BCUT2D eigenvalue weighted by Gasteiger charge is 2.27. The number of benzene rings is 2. The van der Waals surface area contributed by atoms with Crippen LogP contribution in [0.15, 0.2) is 59.6 Å². The van der Waals surface area contributed by atoms with E-state index in [0.717, 1.165) is 16.1 Å². The molecule has 1 aliphatic rings. The highest BCUT2D eigenvalue weighted by molar-refractivity contribution is 7.15. The first-order valence-electron chi connectivity index (χ1n) is 11.2. The predicted molar refractivity (Wildman–Crippen MR) is 140 cm³/mol. The number of carboxylic acids is 1. The number of methoxy groups -OCH3 is 1. The molecule has 0 spiro atoms. The number of aliphatic carboxylic acids is 1. The molecule has 3 heterocycles. The van der Waals surface area contributed by atoms with E-state index in [9.17, 15) is 14.7 Å². The van der Waals surface area contributed by atoms with Gasteiger partial charge in [0.25, 0.3) is 0 Å². The van der Waals surface area contributed by atoms with Gasteiger partial charge in [-0.2, -0.15) is 0 Å². The topological polar surface area (TPSA) is 131 Å². The summed E-state index contributed by atoms with van der Waals surface area (Å²) < 4.78 is 7.01. The van der Waals surface area contributed by atoms with E-state index in [1.807, 2.05) is 28.8 Å². The number of hydrogen-bond donors (Lipinski definition) is 3. The van der Waals surface area contributed by atoms with Crippen LogP contribution in [0.25, 0.3) is 5.00 Å². The molecule has 1 aliphatic heterocycles. The summed E-state index contributed by atoms with van der Waals surface area (Å²) in [5.41, 5.74) is 2.69. The lowest BCUT2D eigenvalue weighted by atomic mass is 10.0. The molecule has 2 aromatic heterocycles. The highest BCUT2D eigenvalue weighted by atomic mass is 35.5. The molecule has 2 aromatic carbocycles. The maximum Gasteiger partial charge on any atom is 0.319 e. The van der Waals surface area contributed by atoms with Gasteiger partial charge < -0.3 is 20.5 Å². The molecule has 10 nitrogen and oxygen atoms in total. The number of fused-ring (bicyclic) bond motifs is 3. The first-order chi connectivity index (χ1) is 17.9. The van der Waals surface area contributed by atoms with Crippen molar-refractivity contribution in [2.45, 2.75) is 19.5 Å². The van der Waals surface area contributed by atoms with Crippen molar-refractivity contribution in [1.29, 1.82) is 0 Å². The normalized spacial score (nSPS) is 12.1. The van der Waals surface area contributed by atoms with E-state index >= 15 is 0 Å². The first kappa shape index (κ1) is 24.5. The number of nitrogens with one attached hydrogen (secondary N) is 2. The van der Waals surface area contributed by atoms with Gasteiger partial charge in [-0.05, 0) is 24.3 Å². The number of nitrogens with zero attached hydrogens (tertiary/aromatic N) is 4. The summed E-state index contributed by atoms with van der Waals surface area (Å²) in [5.74, 6) is 0.735. The molecule has 3 N–H and O–H groups in total. The van der Waals surface area contributed by atoms with Crippen LogP contribution in [0.4, 0.5) is 10.5 Å². The van der Waals surface area contributed by atoms with Gasteiger partial charge >= 0.3 is 12.0 Å². The Labute approximate surface area is 220 Å². The van der Waals surface area contributed by atoms with Crippen molar-refractivity contribution < 1.29 is 19.4 Å². The number of ether oxygens (including phenoxy) is 1. The Morgan fingerprint density at radius 3 is 2.76 bits per heavy atom. The molecule has 0 aliphatic carbocycles. The smallest absolute Gasteiger partial charge is 0.319 e. The van der Waals surface area contributed by atoms with E-state index in [2.05, 4.69) is 20.8 Å². The third kappa shape index (κ3) is 5.18. The zero-order chi connectivity index (χ0) is 25.9. The van der Waals surface area contributed by atoms with Crippen LogP contribution >= 0.6 is 22.9 Å². The second-order valence-electron chi connectivity index (χ2n) is 8.05. The van der Waals surface area contributed by atoms with Crippen LogP contribution in [0.5, 0.6) is 5.75 Å². The van der Waals surface area contributed by atoms with Crippen LogP contribution in [0, 0.1) is 0 Å². The molecule has 2 amide bonds. The molecule has 0 fully saturated rings. The van der Waals surface area contributed by atoms with E-state index in [-0.39, 0.29) is 19.5 Å². The average Bonchev–Trinajstić information content (AvgIpc) is 3.43. The molecule has 37 heavy (non-hydrogen) atoms. The summed E-state index contributed by atoms with van der Waals surface area (Å²) >= 11 is 7.81. The van der Waals surface area contributed by atoms with Crippen LogP contribution in [-0.4, -0.2) is 44.7 Å². The molecule has 4 aromatic rings. The second-order valence-corrected chi connectivity index (χ2v) is 9.58. The van der Waals surface area contributed by atoms with Crippen molar-refractivity contribution >= 4 is 46.3 Å². The molecule has 0 atom stereocenters. The van der Waals surface area contributed by atoms with Crippen molar-refractivity contribution in [3.05, 3.63) is 87.3 Å². The summed E-state index contributed by atoms with van der Waals surface area (Å²) in [5, 5.41) is 24.8. The molecule has 188 valence electrons. The third-order valence-electron chi connectivity index (χ3n) is 5.59. The van der Waals surface area contributed by atoms with E-state index < -0.39 is 12.0 Å². The van der Waals surface area contributed by atoms with Crippen LogP contribution in [-0.2, 0) is 24.3 Å². The van der Waals surface area contributed by atoms with Gasteiger partial charge in [-0.1, -0.05) is 35.9 Å². The summed E-state index contributed by atoms with van der Waals surface area (Å²) in [4.78, 5) is 29.4. The SMILES string of the molecule is COc1cccc(NC(=O)NCc2nnc3n2-c2sc(CC(=O)O)cc2C(c2ccccc2Cl)=NC3)c1. The molecular formula is C25H21ClN6O4S. The Morgan fingerprint density at radius 2 is 1.97 bits per heavy atom. The maximum atomic E-state index is 12.6. The number of thiophene rings is 1. The van der Waals surface area contributed by atoms with E-state index in [1.54, 1.807) is 37.4 Å². The number of carbonyl (C=O) groups is 2. The number of anilines is 1. The summed E-state index contributed by atoms with van der Waals surface area (Å²) in [6, 6.07) is 15.8. The van der Waals surface area contributed by atoms with Crippen molar-refractivity contribution in [2.75, 3.05) is 12.4 Å². The van der Waals surface area contributed by atoms with Gasteiger partial charge in [0.05, 0.1) is 25.8 Å². The number of carbonyl (C=O) groups excluding carboxylic acids is 1. The molecule has 0 radical (unpaired) electrons. The van der Waals surface area contributed by atoms with Gasteiger partial charge in [0.2, 0.25) is 0 Å². The number of rotatable bonds is 7. The number of hydrogen-bond acceptors (Lipinski definition) is 7. The number of aromatic nitrogens is 3. The number of amides is 2. The zero-order valence-electron chi connectivity index (χ0n) is 19.6. The molecule has 0 unspecified atom stereocenters. The third-order valence-corrected chi connectivity index (χ3v) is 7.04. The number of aliphatic imine (C=N–C) groups is 1. The van der Waals surface area contributed by atoms with Gasteiger partial charge in [-0.15, -0.1) is 21.5 Å². The Balaban J connectivity index is 1.45. The fourth-order valence-electron chi connectivity index (χ4n) is 3.96. The summed E-state index contributed by atoms with van der Waals surface area (Å²) in [7, 11) is 1.55. The lowest BCUT2D eigenvalue weighted by molar-refractivity contribution is -0.136. The molecule has 5 rings (SSSR count). The Bertz CT molecular complexity index is 1530. The minimum absolute atomic E-state index is 0.0792. The molecular weight excluding hydrogens is 516 g/mol. The highest BCUT2D eigenvalue weighted by Crippen LogP contribution is 2.34. The Morgan fingerprint density at radius 1 is 1.14 bits per heavy atom. The van der Waals surface area contributed by atoms with E-state index in [0.29, 0.717) is 38.7 Å². The molecule has 12 heteroatoms. The zero-order valence-corrected chi connectivity index (χ0v) is 21.1. The minimum Gasteiger partial charge on any atom is -0.497 e. The van der Waals surface area contributed by atoms with Crippen molar-refractivity contribution in [1.82, 2.24) is 20.1 Å². The first-order valence-corrected chi connectivity index (χ1v) is 12.4. The standard InChI is InChI=1S/C25H21ClN6O4S/c1-36-15-6-4-5-14(9-15)29-25(35)28-13-21-31-30-20-12-27-23(17-7-2-3-8-19(17)26)18-10-16(11-22(33)34)37-24(18)32(20)21/h2-10H,11-13H2,1H3,(H,33,34)(H2,28,29,35). The fourth-order valence-corrected chi connectivity index (χ4v) is 5.38. The second kappa shape index (κ2) is 10.4. The monoisotopic (exact) mass is 536 g/mol. The van der Waals surface area contributed by atoms with Crippen LogP contribution in [0.1, 0.15) is 27.7 Å². The van der Waals surface area contributed by atoms with Crippen LogP contribution in [0.2, 0.25) is 5.02 Å². The molecule has 0 bridgehead atoms. The predicted octanol–water partition coefficient (Wildman–Crippen LogP) is 4.29. The fraction of sp³-hybridized carbons (Fsp3) is 0.160. The van der Waals surface area contributed by atoms with Crippen molar-refractivity contribution in [3.8, 4) is 10.8 Å². The molecule has 0 saturated carbocycles. The maximum absolute atomic E-state index is 12.6. The Hall–Kier alpha value is -4.22. The van der Waals surface area contributed by atoms with Crippen LogP contribution in [0.3, 0.4) is 0 Å². The van der Waals surface area contributed by atoms with E-state index in [4.69, 9.17) is 21.3 Å². The van der Waals surface area contributed by atoms with Crippen molar-refractivity contribution in [2.24, 2.45) is 4.99 Å². The largest absolute Gasteiger partial charge is 0.497 e. The van der Waals surface area contributed by atoms with Gasteiger partial charge in [-0.25, -0.2) is 4.79 Å². The summed E-state index contributed by atoms with van der Waals surface area (Å²) in [6.07, 6.45) is -0.137. The van der Waals surface area contributed by atoms with Gasteiger partial charge in [-0.3, -0.25) is 14.4 Å². The Kier molecular flexibility index (Phi) is 6.89. The quantitative estimate of drug-likeness (QED) is 0.323. The van der Waals surface area contributed by atoms with Gasteiger partial charge in [0.1, 0.15) is 17.3 Å². The summed E-state index contributed by atoms with van der Waals surface area (Å²) in [6.45, 7) is 0.315. The van der Waals surface area contributed by atoms with Gasteiger partial charge in [0.15, 0.2) is 11.6 Å². The van der Waals surface area contributed by atoms with E-state index in [1.165, 1.54) is 11.3 Å². The van der Waals surface area contributed by atoms with Crippen LogP contribution < -0.4 is 15.4 Å².